The summed E-state index contributed by atoms with van der Waals surface area (Å²) in [6.45, 7) is 2.47. The highest BCUT2D eigenvalue weighted by Crippen LogP contribution is 2.28. The molecule has 1 unspecified atom stereocenters. The number of benzene rings is 2. The minimum atomic E-state index is -0.0144. The molecule has 0 spiro atoms. The quantitative estimate of drug-likeness (QED) is 0.740. The van der Waals surface area contributed by atoms with Crippen LogP contribution in [0.5, 0.6) is 5.75 Å². The van der Waals surface area contributed by atoms with Gasteiger partial charge in [-0.15, -0.1) is 0 Å². The summed E-state index contributed by atoms with van der Waals surface area (Å²) in [7, 11) is 0. The number of rotatable bonds is 7. The van der Waals surface area contributed by atoms with E-state index in [1.54, 1.807) is 18.2 Å². The van der Waals surface area contributed by atoms with Crippen LogP contribution >= 0.6 is 23.2 Å². The zero-order chi connectivity index (χ0) is 18.4. The summed E-state index contributed by atoms with van der Waals surface area (Å²) in [5.41, 5.74) is 1.41. The third-order valence-electron chi connectivity index (χ3n) is 5.07. The van der Waals surface area contributed by atoms with Crippen molar-refractivity contribution in [2.45, 2.75) is 25.3 Å². The van der Waals surface area contributed by atoms with E-state index < -0.39 is 0 Å². The average Bonchev–Trinajstić information content (AvgIpc) is 2.66. The molecule has 26 heavy (non-hydrogen) atoms. The van der Waals surface area contributed by atoms with Gasteiger partial charge in [0, 0.05) is 5.02 Å². The van der Waals surface area contributed by atoms with Crippen LogP contribution in [0, 0.1) is 5.92 Å². The Morgan fingerprint density at radius 3 is 2.46 bits per heavy atom. The van der Waals surface area contributed by atoms with Gasteiger partial charge in [0.1, 0.15) is 12.4 Å². The van der Waals surface area contributed by atoms with Crippen molar-refractivity contribution in [3.8, 4) is 5.75 Å². The van der Waals surface area contributed by atoms with Crippen molar-refractivity contribution in [3.63, 3.8) is 0 Å². The number of ether oxygens (including phenoxy) is 1. The number of aliphatic hydroxyl groups is 1. The fraction of sp³-hybridized carbons (Fsp3) is 0.429. The first-order valence-electron chi connectivity index (χ1n) is 9.12. The maximum absolute atomic E-state index is 9.80. The molecule has 1 saturated heterocycles. The Bertz CT molecular complexity index is 688. The van der Waals surface area contributed by atoms with Crippen LogP contribution in [0.3, 0.4) is 0 Å². The van der Waals surface area contributed by atoms with E-state index in [9.17, 15) is 5.11 Å². The summed E-state index contributed by atoms with van der Waals surface area (Å²) in [4.78, 5) is 2.32. The van der Waals surface area contributed by atoms with Gasteiger partial charge >= 0.3 is 0 Å². The van der Waals surface area contributed by atoms with Crippen molar-refractivity contribution in [1.82, 2.24) is 4.90 Å². The molecular weight excluding hydrogens is 369 g/mol. The minimum absolute atomic E-state index is 0.0144. The van der Waals surface area contributed by atoms with Crippen molar-refractivity contribution >= 4 is 23.2 Å². The lowest BCUT2D eigenvalue weighted by Crippen LogP contribution is -2.46. The molecular formula is C21H25Cl2NO2. The van der Waals surface area contributed by atoms with Crippen molar-refractivity contribution in [2.75, 3.05) is 26.3 Å². The first-order valence-corrected chi connectivity index (χ1v) is 9.88. The molecule has 5 heteroatoms. The smallest absolute Gasteiger partial charge is 0.138 e. The second kappa shape index (κ2) is 9.61. The van der Waals surface area contributed by atoms with Crippen LogP contribution < -0.4 is 4.74 Å². The Balaban J connectivity index is 1.48. The number of hydrogen-bond donors (Lipinski definition) is 1. The van der Waals surface area contributed by atoms with E-state index in [0.29, 0.717) is 28.3 Å². The second-order valence-corrected chi connectivity index (χ2v) is 7.73. The van der Waals surface area contributed by atoms with E-state index >= 15 is 0 Å². The first-order chi connectivity index (χ1) is 12.7. The van der Waals surface area contributed by atoms with Gasteiger partial charge in [-0.2, -0.15) is 0 Å². The van der Waals surface area contributed by atoms with E-state index in [2.05, 4.69) is 35.2 Å². The van der Waals surface area contributed by atoms with E-state index in [4.69, 9.17) is 27.9 Å². The van der Waals surface area contributed by atoms with Crippen LogP contribution in [-0.4, -0.2) is 42.4 Å². The second-order valence-electron chi connectivity index (χ2n) is 6.89. The van der Waals surface area contributed by atoms with Crippen LogP contribution in [0.2, 0.25) is 10.0 Å². The van der Waals surface area contributed by atoms with Gasteiger partial charge in [-0.3, -0.25) is 4.90 Å². The van der Waals surface area contributed by atoms with Crippen molar-refractivity contribution in [1.29, 1.82) is 0 Å². The fourth-order valence-electron chi connectivity index (χ4n) is 3.52. The van der Waals surface area contributed by atoms with Crippen LogP contribution in [0.15, 0.2) is 48.5 Å². The molecule has 140 valence electrons. The first kappa shape index (κ1) is 19.5. The van der Waals surface area contributed by atoms with Gasteiger partial charge < -0.3 is 9.84 Å². The molecule has 1 fully saturated rings. The summed E-state index contributed by atoms with van der Waals surface area (Å²) in [5, 5.41) is 10.9. The molecule has 3 nitrogen and oxygen atoms in total. The lowest BCUT2D eigenvalue weighted by atomic mass is 9.89. The topological polar surface area (TPSA) is 32.7 Å². The molecule has 1 heterocycles. The van der Waals surface area contributed by atoms with Gasteiger partial charge in [0.2, 0.25) is 0 Å². The fourth-order valence-corrected chi connectivity index (χ4v) is 3.98. The molecule has 2 aromatic rings. The summed E-state index contributed by atoms with van der Waals surface area (Å²) in [6, 6.07) is 15.8. The highest BCUT2D eigenvalue weighted by atomic mass is 35.5. The van der Waals surface area contributed by atoms with Gasteiger partial charge in [0.05, 0.1) is 17.7 Å². The van der Waals surface area contributed by atoms with Crippen LogP contribution in [0.1, 0.15) is 18.4 Å². The molecule has 0 aliphatic carbocycles. The minimum Gasteiger partial charge on any atom is -0.490 e. The third kappa shape index (κ3) is 5.37. The normalized spacial score (nSPS) is 17.2. The Morgan fingerprint density at radius 1 is 1.08 bits per heavy atom. The number of aliphatic hydroxyl groups excluding tert-OH is 1. The van der Waals surface area contributed by atoms with Gasteiger partial charge in [0.15, 0.2) is 0 Å². The number of halogens is 2. The van der Waals surface area contributed by atoms with E-state index in [1.807, 2.05) is 0 Å². The lowest BCUT2D eigenvalue weighted by Gasteiger charge is -2.36. The number of nitrogens with zero attached hydrogens (tertiary/aromatic N) is 1. The van der Waals surface area contributed by atoms with Crippen LogP contribution in [-0.2, 0) is 6.42 Å². The number of likely N-dealkylation sites (tertiary alicyclic amines) is 1. The molecule has 0 bridgehead atoms. The molecule has 0 saturated carbocycles. The standard InChI is InChI=1S/C21H25Cl2NO2/c22-18-6-7-21(20(23)13-18)26-15-19(14-25)24-10-8-17(9-11-24)12-16-4-2-1-3-5-16/h1-7,13,17,19,25H,8-12,14-15H2. The summed E-state index contributed by atoms with van der Waals surface area (Å²) in [6.07, 6.45) is 3.43. The predicted octanol–water partition coefficient (Wildman–Crippen LogP) is 4.69. The number of hydrogen-bond acceptors (Lipinski definition) is 3. The van der Waals surface area contributed by atoms with E-state index in [1.165, 1.54) is 5.56 Å². The van der Waals surface area contributed by atoms with Gasteiger partial charge in [-0.25, -0.2) is 0 Å². The maximum atomic E-state index is 9.80. The molecule has 2 aromatic carbocycles. The van der Waals surface area contributed by atoms with Crippen molar-refractivity contribution < 1.29 is 9.84 Å². The Kier molecular flexibility index (Phi) is 7.21. The SMILES string of the molecule is OCC(COc1ccc(Cl)cc1Cl)N1CCC(Cc2ccccc2)CC1. The van der Waals surface area contributed by atoms with Gasteiger partial charge in [-0.1, -0.05) is 53.5 Å². The largest absolute Gasteiger partial charge is 0.490 e. The Morgan fingerprint density at radius 2 is 1.81 bits per heavy atom. The van der Waals surface area contributed by atoms with Crippen LogP contribution in [0.25, 0.3) is 0 Å². The molecule has 1 aliphatic rings. The van der Waals surface area contributed by atoms with E-state index in [0.717, 1.165) is 32.4 Å². The number of piperidine rings is 1. The van der Waals surface area contributed by atoms with Gasteiger partial charge in [-0.05, 0) is 62.0 Å². The average molecular weight is 394 g/mol. The maximum Gasteiger partial charge on any atom is 0.138 e. The molecule has 3 rings (SSSR count). The lowest BCUT2D eigenvalue weighted by molar-refractivity contribution is 0.0561. The van der Waals surface area contributed by atoms with Gasteiger partial charge in [0.25, 0.3) is 0 Å². The van der Waals surface area contributed by atoms with E-state index in [-0.39, 0.29) is 12.6 Å². The molecule has 1 aliphatic heterocycles. The molecule has 1 atom stereocenters. The molecule has 0 amide bonds. The van der Waals surface area contributed by atoms with Crippen LogP contribution in [0.4, 0.5) is 0 Å². The molecule has 0 aromatic heterocycles. The highest BCUT2D eigenvalue weighted by Gasteiger charge is 2.25. The zero-order valence-electron chi connectivity index (χ0n) is 14.8. The molecule has 0 radical (unpaired) electrons. The summed E-state index contributed by atoms with van der Waals surface area (Å²) < 4.78 is 5.83. The highest BCUT2D eigenvalue weighted by molar-refractivity contribution is 6.35. The summed E-state index contributed by atoms with van der Waals surface area (Å²) in [5.74, 6) is 1.31. The third-order valence-corrected chi connectivity index (χ3v) is 5.60. The van der Waals surface area contributed by atoms with Crippen molar-refractivity contribution in [2.24, 2.45) is 5.92 Å². The Labute approximate surface area is 165 Å². The van der Waals surface area contributed by atoms with Crippen molar-refractivity contribution in [3.05, 3.63) is 64.1 Å². The monoisotopic (exact) mass is 393 g/mol. The molecule has 1 N–H and O–H groups in total. The predicted molar refractivity (Wildman–Crippen MR) is 107 cm³/mol. The Hall–Kier alpha value is -1.26. The summed E-state index contributed by atoms with van der Waals surface area (Å²) >= 11 is 12.1. The zero-order valence-corrected chi connectivity index (χ0v) is 16.3.